The van der Waals surface area contributed by atoms with Crippen LogP contribution in [0, 0.1) is 6.92 Å². The Bertz CT molecular complexity index is 634. The van der Waals surface area contributed by atoms with E-state index >= 15 is 0 Å². The third kappa shape index (κ3) is 2.49. The van der Waals surface area contributed by atoms with Crippen LogP contribution in [0.3, 0.4) is 0 Å². The van der Waals surface area contributed by atoms with Crippen LogP contribution in [-0.2, 0) is 17.7 Å². The van der Waals surface area contributed by atoms with Crippen LogP contribution >= 0.6 is 0 Å². The van der Waals surface area contributed by atoms with E-state index in [4.69, 9.17) is 10.5 Å². The van der Waals surface area contributed by atoms with E-state index in [0.717, 1.165) is 17.0 Å². The molecule has 6 heteroatoms. The minimum Gasteiger partial charge on any atom is -0.464 e. The van der Waals surface area contributed by atoms with Crippen LogP contribution in [-0.4, -0.2) is 27.6 Å². The summed E-state index contributed by atoms with van der Waals surface area (Å²) in [5.74, 6) is 0.571. The van der Waals surface area contributed by atoms with Crippen molar-refractivity contribution in [1.29, 1.82) is 0 Å². The molecule has 0 unspecified atom stereocenters. The molecule has 2 heterocycles. The summed E-state index contributed by atoms with van der Waals surface area (Å²) in [6.45, 7) is 4.52. The first-order chi connectivity index (χ1) is 9.58. The predicted octanol–water partition coefficient (Wildman–Crippen LogP) is 1.57. The van der Waals surface area contributed by atoms with Crippen LogP contribution in [0.25, 0.3) is 0 Å². The molecule has 0 radical (unpaired) electrons. The fourth-order valence-electron chi connectivity index (χ4n) is 2.04. The number of anilines is 1. The first-order valence-corrected chi connectivity index (χ1v) is 6.41. The molecule has 0 aliphatic rings. The van der Waals surface area contributed by atoms with E-state index in [1.807, 2.05) is 24.5 Å². The molecule has 6 nitrogen and oxygen atoms in total. The van der Waals surface area contributed by atoms with Gasteiger partial charge in [0, 0.05) is 18.8 Å². The van der Waals surface area contributed by atoms with Crippen molar-refractivity contribution in [3.63, 3.8) is 0 Å². The predicted molar refractivity (Wildman–Crippen MR) is 75.4 cm³/mol. The number of carbonyl (C=O) groups is 1. The van der Waals surface area contributed by atoms with Crippen molar-refractivity contribution in [1.82, 2.24) is 14.5 Å². The van der Waals surface area contributed by atoms with Gasteiger partial charge in [0.25, 0.3) is 0 Å². The molecule has 2 rings (SSSR count). The number of hydrogen-bond acceptors (Lipinski definition) is 5. The molecular formula is C14H18N4O2. The van der Waals surface area contributed by atoms with E-state index in [9.17, 15) is 4.79 Å². The molecule has 0 saturated heterocycles. The van der Waals surface area contributed by atoms with Crippen LogP contribution in [0.5, 0.6) is 0 Å². The molecule has 0 fully saturated rings. The molecule has 106 valence electrons. The van der Waals surface area contributed by atoms with Gasteiger partial charge in [-0.15, -0.1) is 0 Å². The third-order valence-electron chi connectivity index (χ3n) is 3.26. The monoisotopic (exact) mass is 274 g/mol. The summed E-state index contributed by atoms with van der Waals surface area (Å²) in [4.78, 5) is 20.0. The van der Waals surface area contributed by atoms with Crippen molar-refractivity contribution < 1.29 is 9.53 Å². The lowest BCUT2D eigenvalue weighted by Crippen LogP contribution is -2.11. The van der Waals surface area contributed by atoms with Crippen LogP contribution in [0.2, 0.25) is 0 Å². The molecule has 0 saturated carbocycles. The maximum Gasteiger partial charge on any atom is 0.360 e. The molecule has 20 heavy (non-hydrogen) atoms. The van der Waals surface area contributed by atoms with Crippen molar-refractivity contribution in [2.75, 3.05) is 12.8 Å². The van der Waals surface area contributed by atoms with Crippen molar-refractivity contribution in [3.05, 3.63) is 41.1 Å². The van der Waals surface area contributed by atoms with Gasteiger partial charge in [0.2, 0.25) is 0 Å². The Labute approximate surface area is 117 Å². The molecule has 0 aliphatic carbocycles. The van der Waals surface area contributed by atoms with Gasteiger partial charge in [0.05, 0.1) is 13.7 Å². The number of aromatic nitrogens is 3. The summed E-state index contributed by atoms with van der Waals surface area (Å²) in [6, 6.07) is 1.94. The van der Waals surface area contributed by atoms with Gasteiger partial charge in [-0.25, -0.2) is 9.78 Å². The molecule has 0 aliphatic heterocycles. The number of carbonyl (C=O) groups excluding carboxylic acids is 1. The largest absolute Gasteiger partial charge is 0.464 e. The normalized spacial score (nSPS) is 10.6. The van der Waals surface area contributed by atoms with Crippen LogP contribution in [0.1, 0.15) is 34.4 Å². The smallest absolute Gasteiger partial charge is 0.360 e. The zero-order chi connectivity index (χ0) is 14.7. The number of imidazole rings is 1. The van der Waals surface area contributed by atoms with Crippen molar-refractivity contribution in [2.45, 2.75) is 26.8 Å². The summed E-state index contributed by atoms with van der Waals surface area (Å²) < 4.78 is 6.53. The second kappa shape index (κ2) is 5.73. The van der Waals surface area contributed by atoms with E-state index in [1.165, 1.54) is 7.11 Å². The van der Waals surface area contributed by atoms with Gasteiger partial charge in [0.1, 0.15) is 11.6 Å². The number of esters is 1. The van der Waals surface area contributed by atoms with E-state index < -0.39 is 5.97 Å². The van der Waals surface area contributed by atoms with E-state index in [2.05, 4.69) is 9.97 Å². The van der Waals surface area contributed by atoms with Crippen molar-refractivity contribution in [2.24, 2.45) is 0 Å². The minimum atomic E-state index is -0.515. The fourth-order valence-corrected chi connectivity index (χ4v) is 2.04. The third-order valence-corrected chi connectivity index (χ3v) is 3.26. The van der Waals surface area contributed by atoms with E-state index in [-0.39, 0.29) is 5.69 Å². The summed E-state index contributed by atoms with van der Waals surface area (Å²) >= 11 is 0. The summed E-state index contributed by atoms with van der Waals surface area (Å²) in [7, 11) is 1.32. The van der Waals surface area contributed by atoms with Gasteiger partial charge in [-0.05, 0) is 24.1 Å². The summed E-state index contributed by atoms with van der Waals surface area (Å²) in [5, 5.41) is 0. The van der Waals surface area contributed by atoms with Gasteiger partial charge >= 0.3 is 5.97 Å². The zero-order valence-electron chi connectivity index (χ0n) is 11.9. The lowest BCUT2D eigenvalue weighted by molar-refractivity contribution is 0.0595. The number of aryl methyl sites for hydroxylation is 2. The number of hydrogen-bond donors (Lipinski definition) is 1. The Morgan fingerprint density at radius 1 is 1.50 bits per heavy atom. The SMILES string of the molecule is CCc1nc(C(=O)OC)c(N)n1Cc1cnccc1C. The number of methoxy groups -OCH3 is 1. The Balaban J connectivity index is 2.43. The quantitative estimate of drug-likeness (QED) is 0.855. The zero-order valence-corrected chi connectivity index (χ0v) is 11.9. The highest BCUT2D eigenvalue weighted by Crippen LogP contribution is 2.19. The van der Waals surface area contributed by atoms with Crippen molar-refractivity contribution >= 4 is 11.8 Å². The number of pyridine rings is 1. The average Bonchev–Trinajstić information content (AvgIpc) is 2.77. The first kappa shape index (κ1) is 14.0. The van der Waals surface area contributed by atoms with E-state index in [1.54, 1.807) is 12.4 Å². The molecule has 0 bridgehead atoms. The van der Waals surface area contributed by atoms with Gasteiger partial charge in [-0.1, -0.05) is 6.92 Å². The number of nitrogen functional groups attached to an aromatic ring is 1. The van der Waals surface area contributed by atoms with E-state index in [0.29, 0.717) is 18.8 Å². The molecule has 0 aromatic carbocycles. The molecule has 2 N–H and O–H groups in total. The van der Waals surface area contributed by atoms with Gasteiger partial charge in [0.15, 0.2) is 5.69 Å². The van der Waals surface area contributed by atoms with Gasteiger partial charge in [-0.3, -0.25) is 4.98 Å². The average molecular weight is 274 g/mol. The van der Waals surface area contributed by atoms with Gasteiger partial charge in [-0.2, -0.15) is 0 Å². The summed E-state index contributed by atoms with van der Waals surface area (Å²) in [5.41, 5.74) is 8.37. The Hall–Kier alpha value is -2.37. The minimum absolute atomic E-state index is 0.172. The number of ether oxygens (including phenoxy) is 1. The standard InChI is InChI=1S/C14H18N4O2/c1-4-11-17-12(14(19)20-3)13(15)18(11)8-10-7-16-6-5-9(10)2/h5-7H,4,8,15H2,1-3H3. The van der Waals surface area contributed by atoms with Crippen LogP contribution < -0.4 is 5.73 Å². The highest BCUT2D eigenvalue weighted by molar-refractivity contribution is 5.92. The second-order valence-electron chi connectivity index (χ2n) is 4.50. The first-order valence-electron chi connectivity index (χ1n) is 6.41. The van der Waals surface area contributed by atoms with Crippen LogP contribution in [0.4, 0.5) is 5.82 Å². The Kier molecular flexibility index (Phi) is 4.02. The molecular weight excluding hydrogens is 256 g/mol. The second-order valence-corrected chi connectivity index (χ2v) is 4.50. The maximum atomic E-state index is 11.6. The van der Waals surface area contributed by atoms with Crippen LogP contribution in [0.15, 0.2) is 18.5 Å². The van der Waals surface area contributed by atoms with Gasteiger partial charge < -0.3 is 15.0 Å². The summed E-state index contributed by atoms with van der Waals surface area (Å²) in [6.07, 6.45) is 4.23. The highest BCUT2D eigenvalue weighted by atomic mass is 16.5. The Morgan fingerprint density at radius 2 is 2.25 bits per heavy atom. The molecule has 0 atom stereocenters. The number of nitrogens with zero attached hydrogens (tertiary/aromatic N) is 3. The lowest BCUT2D eigenvalue weighted by Gasteiger charge is -2.10. The molecule has 0 amide bonds. The molecule has 2 aromatic rings. The lowest BCUT2D eigenvalue weighted by atomic mass is 10.1. The fraction of sp³-hybridized carbons (Fsp3) is 0.357. The number of rotatable bonds is 4. The molecule has 2 aromatic heterocycles. The molecule has 0 spiro atoms. The topological polar surface area (TPSA) is 83.0 Å². The number of nitrogens with two attached hydrogens (primary N) is 1. The highest BCUT2D eigenvalue weighted by Gasteiger charge is 2.20. The maximum absolute atomic E-state index is 11.6. The van der Waals surface area contributed by atoms with Crippen molar-refractivity contribution in [3.8, 4) is 0 Å². The Morgan fingerprint density at radius 3 is 2.85 bits per heavy atom.